The molecule has 0 spiro atoms. The van der Waals surface area contributed by atoms with Crippen LogP contribution in [-0.2, 0) is 0 Å². The Balaban J connectivity index is 0.000000141. The van der Waals surface area contributed by atoms with Crippen molar-refractivity contribution in [1.29, 1.82) is 0 Å². The van der Waals surface area contributed by atoms with Crippen molar-refractivity contribution in [3.8, 4) is 89.0 Å². The summed E-state index contributed by atoms with van der Waals surface area (Å²) >= 11 is 0. The summed E-state index contributed by atoms with van der Waals surface area (Å²) in [6.07, 6.45) is 0. The number of fused-ring (bicyclic) bond motifs is 8. The number of hydrogen-bond donors (Lipinski definition) is 0. The molecule has 0 saturated carbocycles. The van der Waals surface area contributed by atoms with Crippen molar-refractivity contribution < 1.29 is 0 Å². The normalized spacial score (nSPS) is 11.5. The lowest BCUT2D eigenvalue weighted by molar-refractivity contribution is 1.62. The predicted octanol–water partition coefficient (Wildman–Crippen LogP) is 25.9. The molecule has 0 N–H and O–H groups in total. The molecule has 0 aromatic heterocycles. The van der Waals surface area contributed by atoms with Gasteiger partial charge in [0.25, 0.3) is 0 Å². The minimum Gasteiger partial charge on any atom is -0.0616 e. The fourth-order valence-electron chi connectivity index (χ4n) is 14.5. The molecule has 0 unspecified atom stereocenters. The summed E-state index contributed by atoms with van der Waals surface area (Å²) < 4.78 is 0. The lowest BCUT2D eigenvalue weighted by atomic mass is 9.85. The van der Waals surface area contributed by atoms with E-state index in [1.807, 2.05) is 0 Å². The third kappa shape index (κ3) is 9.74. The van der Waals surface area contributed by atoms with E-state index in [0.29, 0.717) is 0 Å². The molecule has 0 nitrogen and oxygen atoms in total. The van der Waals surface area contributed by atoms with Crippen molar-refractivity contribution >= 4 is 86.2 Å². The first-order valence-electron chi connectivity index (χ1n) is 31.9. The van der Waals surface area contributed by atoms with E-state index in [4.69, 9.17) is 0 Å². The molecule has 0 heterocycles. The minimum absolute atomic E-state index is 1.23. The van der Waals surface area contributed by atoms with Gasteiger partial charge in [-0.1, -0.05) is 352 Å². The quantitative estimate of drug-likeness (QED) is 0.133. The summed E-state index contributed by atoms with van der Waals surface area (Å²) in [5, 5.41) is 20.3. The van der Waals surface area contributed by atoms with E-state index >= 15 is 0 Å². The summed E-state index contributed by atoms with van der Waals surface area (Å²) in [7, 11) is 0. The molecule has 0 atom stereocenters. The monoisotopic (exact) mass is 1160 g/mol. The van der Waals surface area contributed by atoms with Gasteiger partial charge in [-0.25, -0.2) is 0 Å². The number of hydrogen-bond acceptors (Lipinski definition) is 0. The highest BCUT2D eigenvalue weighted by Crippen LogP contribution is 2.47. The van der Waals surface area contributed by atoms with E-state index in [-0.39, 0.29) is 0 Å². The average molecular weight is 1170 g/mol. The van der Waals surface area contributed by atoms with Gasteiger partial charge < -0.3 is 0 Å². The van der Waals surface area contributed by atoms with Crippen LogP contribution in [-0.4, -0.2) is 0 Å². The van der Waals surface area contributed by atoms with Crippen LogP contribution in [0.1, 0.15) is 0 Å². The van der Waals surface area contributed by atoms with Crippen LogP contribution >= 0.6 is 0 Å². The molecule has 18 aromatic rings. The van der Waals surface area contributed by atoms with E-state index < -0.39 is 0 Å². The van der Waals surface area contributed by atoms with Gasteiger partial charge in [0.05, 0.1) is 0 Å². The van der Waals surface area contributed by atoms with E-state index in [1.54, 1.807) is 0 Å². The zero-order valence-corrected chi connectivity index (χ0v) is 50.6. The lowest BCUT2D eigenvalue weighted by Crippen LogP contribution is -1.91. The minimum atomic E-state index is 1.23. The molecule has 18 rings (SSSR count). The molecule has 0 aliphatic carbocycles. The summed E-state index contributed by atoms with van der Waals surface area (Å²) in [6, 6.07) is 133. The molecule has 0 bridgehead atoms. The smallest absolute Gasteiger partial charge is 0.00264 e. The maximum absolute atomic E-state index is 2.30. The second-order valence-electron chi connectivity index (χ2n) is 24.2. The molecule has 0 amide bonds. The van der Waals surface area contributed by atoms with Gasteiger partial charge in [-0.05, 0) is 187 Å². The Morgan fingerprint density at radius 2 is 0.315 bits per heavy atom. The van der Waals surface area contributed by atoms with Crippen LogP contribution in [0.15, 0.2) is 364 Å². The van der Waals surface area contributed by atoms with Crippen LogP contribution in [0.2, 0.25) is 0 Å². The van der Waals surface area contributed by atoms with Gasteiger partial charge in [-0.15, -0.1) is 0 Å². The van der Waals surface area contributed by atoms with Crippen molar-refractivity contribution in [2.75, 3.05) is 0 Å². The van der Waals surface area contributed by atoms with Gasteiger partial charge in [0.1, 0.15) is 0 Å². The fraction of sp³-hybridized carbons (Fsp3) is 0. The summed E-state index contributed by atoms with van der Waals surface area (Å²) in [4.78, 5) is 0. The SMILES string of the molecule is c1ccc2c(-c3ccc(-c4c5ccccc5c(-c5ccc(-c6cccc7ccccc67)cc5)c5ccccc45)cc3)cccc2c1.c1ccc2cc(-c3ccc(-c4c5ccccc5c(-c5ccc(-c6ccc7ccccc7c6)cc5)c5ccccc45)cc3)ccc2c1. The molecule has 0 fully saturated rings. The number of benzene rings is 18. The van der Waals surface area contributed by atoms with Crippen molar-refractivity contribution in [2.24, 2.45) is 0 Å². The topological polar surface area (TPSA) is 0 Å². The highest BCUT2D eigenvalue weighted by molar-refractivity contribution is 6.23. The molecule has 0 radical (unpaired) electrons. The first-order valence-corrected chi connectivity index (χ1v) is 31.9. The molecule has 0 heteroatoms. The second-order valence-corrected chi connectivity index (χ2v) is 24.2. The van der Waals surface area contributed by atoms with Crippen molar-refractivity contribution in [3.05, 3.63) is 364 Å². The Morgan fingerprint density at radius 1 is 0.109 bits per heavy atom. The largest absolute Gasteiger partial charge is 0.0616 e. The highest BCUT2D eigenvalue weighted by atomic mass is 14.2. The second kappa shape index (κ2) is 23.2. The van der Waals surface area contributed by atoms with Gasteiger partial charge in [0.2, 0.25) is 0 Å². The zero-order chi connectivity index (χ0) is 60.9. The van der Waals surface area contributed by atoms with Crippen molar-refractivity contribution in [2.45, 2.75) is 0 Å². The molecule has 428 valence electrons. The van der Waals surface area contributed by atoms with Crippen LogP contribution in [0.5, 0.6) is 0 Å². The van der Waals surface area contributed by atoms with Crippen molar-refractivity contribution in [1.82, 2.24) is 0 Å². The molecule has 0 aliphatic rings. The maximum Gasteiger partial charge on any atom is -0.00264 e. The molecule has 92 heavy (non-hydrogen) atoms. The van der Waals surface area contributed by atoms with Gasteiger partial charge in [-0.2, -0.15) is 0 Å². The van der Waals surface area contributed by atoms with E-state index in [1.165, 1.54) is 175 Å². The van der Waals surface area contributed by atoms with Gasteiger partial charge in [0.15, 0.2) is 0 Å². The standard InChI is InChI=1S/2C46H30/c1-3-15-37-31(11-1)13-9-21-39(37)33-23-27-35(28-24-33)45-41-17-5-7-19-43(41)46(44-20-8-6-18-42(44)45)36-29-25-34(26-30-36)40-22-10-14-32-12-2-4-16-38(32)40;1-3-11-37-29-39(27-21-31(37)9-1)33-17-23-35(24-18-33)45-41-13-5-7-15-43(41)46(44-16-8-6-14-42(44)45)36-25-19-34(20-26-36)40-28-22-32-10-2-4-12-38(32)30-40/h2*1-30H. The molecule has 0 aliphatic heterocycles. The van der Waals surface area contributed by atoms with Gasteiger partial charge >= 0.3 is 0 Å². The fourth-order valence-corrected chi connectivity index (χ4v) is 14.5. The van der Waals surface area contributed by atoms with Crippen molar-refractivity contribution in [3.63, 3.8) is 0 Å². The van der Waals surface area contributed by atoms with E-state index in [9.17, 15) is 0 Å². The molecular formula is C92H60. The highest BCUT2D eigenvalue weighted by Gasteiger charge is 2.20. The molecular weight excluding hydrogens is 1110 g/mol. The van der Waals surface area contributed by atoms with Crippen LogP contribution < -0.4 is 0 Å². The summed E-state index contributed by atoms with van der Waals surface area (Å²) in [5.74, 6) is 0. The summed E-state index contributed by atoms with van der Waals surface area (Å²) in [6.45, 7) is 0. The van der Waals surface area contributed by atoms with Crippen LogP contribution in [0.4, 0.5) is 0 Å². The van der Waals surface area contributed by atoms with Crippen LogP contribution in [0.25, 0.3) is 175 Å². The Morgan fingerprint density at radius 3 is 0.609 bits per heavy atom. The third-order valence-corrected chi connectivity index (χ3v) is 18.9. The molecule has 0 saturated heterocycles. The van der Waals surface area contributed by atoms with Gasteiger partial charge in [0, 0.05) is 0 Å². The van der Waals surface area contributed by atoms with E-state index in [2.05, 4.69) is 364 Å². The Kier molecular flexibility index (Phi) is 13.7. The third-order valence-electron chi connectivity index (χ3n) is 18.9. The number of rotatable bonds is 8. The zero-order valence-electron chi connectivity index (χ0n) is 50.6. The Bertz CT molecular complexity index is 5350. The van der Waals surface area contributed by atoms with Gasteiger partial charge in [-0.3, -0.25) is 0 Å². The van der Waals surface area contributed by atoms with Crippen LogP contribution in [0, 0.1) is 0 Å². The Hall–Kier alpha value is -12.0. The Labute approximate surface area is 535 Å². The summed E-state index contributed by atoms with van der Waals surface area (Å²) in [5.41, 5.74) is 20.0. The first kappa shape index (κ1) is 54.2. The van der Waals surface area contributed by atoms with Crippen LogP contribution in [0.3, 0.4) is 0 Å². The molecule has 18 aromatic carbocycles. The maximum atomic E-state index is 2.30. The first-order chi connectivity index (χ1) is 45.6. The van der Waals surface area contributed by atoms with E-state index in [0.717, 1.165) is 0 Å². The predicted molar refractivity (Wildman–Crippen MR) is 396 cm³/mol. The lowest BCUT2D eigenvalue weighted by Gasteiger charge is -2.18. The average Bonchev–Trinajstić information content (AvgIpc) is 0.781.